The minimum Gasteiger partial charge on any atom is -0.507 e. The van der Waals surface area contributed by atoms with E-state index in [9.17, 15) is 15.2 Å². The SMILES string of the molecule is O=[N+]([O-])c1ccc(O)c(C=Nc2cccc(-c3nc4ccccc4s3)c2)c1. The first kappa shape index (κ1) is 16.9. The molecule has 1 N–H and O–H groups in total. The molecule has 0 atom stereocenters. The van der Waals surface area contributed by atoms with Gasteiger partial charge in [0.2, 0.25) is 0 Å². The molecule has 4 aromatic rings. The summed E-state index contributed by atoms with van der Waals surface area (Å²) in [5.74, 6) is -0.0633. The van der Waals surface area contributed by atoms with Gasteiger partial charge in [-0.1, -0.05) is 24.3 Å². The second kappa shape index (κ2) is 6.97. The minimum atomic E-state index is -0.509. The maximum Gasteiger partial charge on any atom is 0.270 e. The number of hydrogen-bond donors (Lipinski definition) is 1. The zero-order valence-electron chi connectivity index (χ0n) is 13.9. The number of fused-ring (bicyclic) bond motifs is 1. The fourth-order valence-corrected chi connectivity index (χ4v) is 3.58. The Kier molecular flexibility index (Phi) is 4.35. The number of phenolic OH excluding ortho intramolecular Hbond substituents is 1. The Labute approximate surface area is 158 Å². The van der Waals surface area contributed by atoms with Gasteiger partial charge in [-0.15, -0.1) is 11.3 Å². The van der Waals surface area contributed by atoms with E-state index >= 15 is 0 Å². The molecule has 0 saturated heterocycles. The summed E-state index contributed by atoms with van der Waals surface area (Å²) in [6.07, 6.45) is 1.42. The van der Waals surface area contributed by atoms with Crippen molar-refractivity contribution in [2.45, 2.75) is 0 Å². The molecule has 0 aliphatic rings. The van der Waals surface area contributed by atoms with Gasteiger partial charge in [-0.3, -0.25) is 15.1 Å². The number of aromatic hydroxyl groups is 1. The van der Waals surface area contributed by atoms with Crippen molar-refractivity contribution < 1.29 is 10.0 Å². The van der Waals surface area contributed by atoms with Gasteiger partial charge in [0.25, 0.3) is 5.69 Å². The van der Waals surface area contributed by atoms with Crippen LogP contribution in [0.2, 0.25) is 0 Å². The van der Waals surface area contributed by atoms with Crippen molar-refractivity contribution >= 4 is 39.1 Å². The van der Waals surface area contributed by atoms with Crippen LogP contribution in [0.25, 0.3) is 20.8 Å². The van der Waals surface area contributed by atoms with Gasteiger partial charge in [0.1, 0.15) is 10.8 Å². The van der Waals surface area contributed by atoms with Gasteiger partial charge in [-0.25, -0.2) is 4.98 Å². The van der Waals surface area contributed by atoms with Gasteiger partial charge in [0.05, 0.1) is 20.8 Å². The Morgan fingerprint density at radius 3 is 2.74 bits per heavy atom. The summed E-state index contributed by atoms with van der Waals surface area (Å²) in [7, 11) is 0. The van der Waals surface area contributed by atoms with E-state index in [0.717, 1.165) is 20.8 Å². The average molecular weight is 375 g/mol. The second-order valence-electron chi connectivity index (χ2n) is 5.80. The number of nitro groups is 1. The zero-order valence-corrected chi connectivity index (χ0v) is 14.8. The number of rotatable bonds is 4. The Balaban J connectivity index is 1.66. The van der Waals surface area contributed by atoms with Crippen molar-refractivity contribution in [3.8, 4) is 16.3 Å². The van der Waals surface area contributed by atoms with Crippen LogP contribution in [0.5, 0.6) is 5.75 Å². The van der Waals surface area contributed by atoms with E-state index in [1.807, 2.05) is 48.5 Å². The summed E-state index contributed by atoms with van der Waals surface area (Å²) in [5, 5.41) is 21.7. The molecule has 1 aromatic heterocycles. The summed E-state index contributed by atoms with van der Waals surface area (Å²) < 4.78 is 1.11. The molecule has 4 rings (SSSR count). The lowest BCUT2D eigenvalue weighted by Crippen LogP contribution is -1.90. The highest BCUT2D eigenvalue weighted by molar-refractivity contribution is 7.21. The van der Waals surface area contributed by atoms with Crippen LogP contribution < -0.4 is 0 Å². The standard InChI is InChI=1S/C20H13N3O3S/c24-18-9-8-16(23(25)26)11-14(18)12-21-15-5-3-4-13(10-15)20-22-17-6-1-2-7-19(17)27-20/h1-12,24H. The number of para-hydroxylation sites is 1. The average Bonchev–Trinajstić information content (AvgIpc) is 3.12. The molecular weight excluding hydrogens is 362 g/mol. The van der Waals surface area contributed by atoms with Crippen LogP contribution in [-0.2, 0) is 0 Å². The normalized spacial score (nSPS) is 11.3. The molecule has 27 heavy (non-hydrogen) atoms. The van der Waals surface area contributed by atoms with Crippen LogP contribution in [0.1, 0.15) is 5.56 Å². The minimum absolute atomic E-state index is 0.0633. The number of aromatic nitrogens is 1. The van der Waals surface area contributed by atoms with Crippen LogP contribution in [0.3, 0.4) is 0 Å². The van der Waals surface area contributed by atoms with Gasteiger partial charge >= 0.3 is 0 Å². The predicted octanol–water partition coefficient (Wildman–Crippen LogP) is 5.33. The predicted molar refractivity (Wildman–Crippen MR) is 107 cm³/mol. The van der Waals surface area contributed by atoms with Crippen LogP contribution in [0.15, 0.2) is 71.7 Å². The number of non-ortho nitro benzene ring substituents is 1. The number of nitro benzene ring substituents is 1. The molecule has 0 radical (unpaired) electrons. The summed E-state index contributed by atoms with van der Waals surface area (Å²) in [4.78, 5) is 19.4. The van der Waals surface area contributed by atoms with Gasteiger partial charge in [-0.2, -0.15) is 0 Å². The second-order valence-corrected chi connectivity index (χ2v) is 6.83. The van der Waals surface area contributed by atoms with Gasteiger partial charge in [-0.05, 0) is 30.3 Å². The first-order valence-corrected chi connectivity index (χ1v) is 8.89. The third-order valence-electron chi connectivity index (χ3n) is 3.96. The third-order valence-corrected chi connectivity index (χ3v) is 5.05. The number of nitrogens with zero attached hydrogens (tertiary/aromatic N) is 3. The van der Waals surface area contributed by atoms with E-state index in [0.29, 0.717) is 5.69 Å². The molecule has 0 aliphatic heterocycles. The third kappa shape index (κ3) is 3.54. The lowest BCUT2D eigenvalue weighted by molar-refractivity contribution is -0.384. The largest absolute Gasteiger partial charge is 0.507 e. The van der Waals surface area contributed by atoms with Crippen LogP contribution in [0.4, 0.5) is 11.4 Å². The molecule has 6 nitrogen and oxygen atoms in total. The topological polar surface area (TPSA) is 88.6 Å². The maximum atomic E-state index is 10.9. The van der Waals surface area contributed by atoms with E-state index in [-0.39, 0.29) is 17.0 Å². The summed E-state index contributed by atoms with van der Waals surface area (Å²) >= 11 is 1.60. The van der Waals surface area contributed by atoms with E-state index in [4.69, 9.17) is 0 Å². The molecule has 0 bridgehead atoms. The first-order chi connectivity index (χ1) is 13.1. The molecule has 3 aromatic carbocycles. The van der Waals surface area contributed by atoms with E-state index < -0.39 is 4.92 Å². The number of phenols is 1. The monoisotopic (exact) mass is 375 g/mol. The molecule has 0 spiro atoms. The molecule has 132 valence electrons. The molecular formula is C20H13N3O3S. The van der Waals surface area contributed by atoms with Crippen molar-refractivity contribution in [1.29, 1.82) is 0 Å². The zero-order chi connectivity index (χ0) is 18.8. The summed E-state index contributed by atoms with van der Waals surface area (Å²) in [6, 6.07) is 19.3. The van der Waals surface area contributed by atoms with Crippen LogP contribution in [-0.4, -0.2) is 21.2 Å². The quantitative estimate of drug-likeness (QED) is 0.297. The van der Waals surface area contributed by atoms with E-state index in [2.05, 4.69) is 9.98 Å². The highest BCUT2D eigenvalue weighted by Gasteiger charge is 2.09. The molecule has 7 heteroatoms. The Morgan fingerprint density at radius 1 is 1.07 bits per heavy atom. The molecule has 0 aliphatic carbocycles. The number of thiazole rings is 1. The number of hydrogen-bond acceptors (Lipinski definition) is 6. The summed E-state index contributed by atoms with van der Waals surface area (Å²) in [6.45, 7) is 0. The van der Waals surface area contributed by atoms with E-state index in [1.165, 1.54) is 24.4 Å². The van der Waals surface area contributed by atoms with Crippen LogP contribution in [0, 0.1) is 10.1 Å². The molecule has 0 saturated carbocycles. The van der Waals surface area contributed by atoms with Gasteiger partial charge in [0, 0.05) is 29.5 Å². The van der Waals surface area contributed by atoms with Crippen molar-refractivity contribution in [3.63, 3.8) is 0 Å². The molecule has 0 fully saturated rings. The molecule has 1 heterocycles. The Morgan fingerprint density at radius 2 is 1.93 bits per heavy atom. The summed E-state index contributed by atoms with van der Waals surface area (Å²) in [5.41, 5.74) is 2.74. The number of aliphatic imine (C=N–C) groups is 1. The van der Waals surface area contributed by atoms with Crippen LogP contribution >= 0.6 is 11.3 Å². The lowest BCUT2D eigenvalue weighted by Gasteiger charge is -2.00. The first-order valence-electron chi connectivity index (χ1n) is 8.08. The fourth-order valence-electron chi connectivity index (χ4n) is 2.62. The Bertz CT molecular complexity index is 1150. The van der Waals surface area contributed by atoms with E-state index in [1.54, 1.807) is 11.3 Å². The highest BCUT2D eigenvalue weighted by Crippen LogP contribution is 2.32. The van der Waals surface area contributed by atoms with Crippen molar-refractivity contribution in [1.82, 2.24) is 4.98 Å². The number of benzene rings is 3. The van der Waals surface area contributed by atoms with Gasteiger partial charge < -0.3 is 5.11 Å². The van der Waals surface area contributed by atoms with Crippen molar-refractivity contribution in [3.05, 3.63) is 82.4 Å². The molecule has 0 amide bonds. The van der Waals surface area contributed by atoms with Crippen molar-refractivity contribution in [2.24, 2.45) is 4.99 Å². The smallest absolute Gasteiger partial charge is 0.270 e. The van der Waals surface area contributed by atoms with Gasteiger partial charge in [0.15, 0.2) is 0 Å². The highest BCUT2D eigenvalue weighted by atomic mass is 32.1. The Hall–Kier alpha value is -3.58. The molecule has 0 unspecified atom stereocenters. The maximum absolute atomic E-state index is 10.9. The van der Waals surface area contributed by atoms with Crippen molar-refractivity contribution in [2.75, 3.05) is 0 Å². The fraction of sp³-hybridized carbons (Fsp3) is 0. The lowest BCUT2D eigenvalue weighted by atomic mass is 10.2.